The molecular weight excluding hydrogens is 372 g/mol. The highest BCUT2D eigenvalue weighted by molar-refractivity contribution is 5.86. The lowest BCUT2D eigenvalue weighted by Crippen LogP contribution is -2.18. The van der Waals surface area contributed by atoms with Crippen LogP contribution in [0.5, 0.6) is 0 Å². The fourth-order valence-corrected chi connectivity index (χ4v) is 4.40. The van der Waals surface area contributed by atoms with Gasteiger partial charge in [-0.05, 0) is 67.5 Å². The molecule has 1 radical (unpaired) electrons. The molecule has 1 aliphatic carbocycles. The molecule has 2 aromatic carbocycles. The molecule has 0 amide bonds. The summed E-state index contributed by atoms with van der Waals surface area (Å²) in [6.07, 6.45) is 6.05. The molecule has 0 heterocycles. The van der Waals surface area contributed by atoms with E-state index in [0.29, 0.717) is 5.92 Å². The van der Waals surface area contributed by atoms with Crippen LogP contribution in [-0.2, 0) is 16.2 Å². The van der Waals surface area contributed by atoms with Gasteiger partial charge < -0.3 is 0 Å². The van der Waals surface area contributed by atoms with Crippen LogP contribution >= 0.6 is 0 Å². The smallest absolute Gasteiger partial charge is 0.0167 e. The standard InChI is InChI=1S/C31H43/c1-12-20(2)22-15-21-13-14-27(31(9,10)11)28(26(21)18-22)23-16-24(29(3,4)5)19-25(17-23)30(6,7)8/h13-20H,12H2,1-11H3. The fourth-order valence-electron chi connectivity index (χ4n) is 4.40. The SMILES string of the molecule is CCC(C)C1=Cc2c(ccc(C(C)(C)C)c2-c2cc(C(C)(C)C)cc(C(C)(C)C)c2)[CH]1. The Morgan fingerprint density at radius 3 is 1.74 bits per heavy atom. The van der Waals surface area contributed by atoms with Crippen molar-refractivity contribution in [2.24, 2.45) is 5.92 Å². The maximum Gasteiger partial charge on any atom is 0.0167 e. The summed E-state index contributed by atoms with van der Waals surface area (Å²) in [5, 5.41) is 0. The molecule has 3 rings (SSSR count). The van der Waals surface area contributed by atoms with E-state index in [1.165, 1.54) is 50.9 Å². The lowest BCUT2D eigenvalue weighted by atomic mass is 9.75. The molecule has 0 aliphatic heterocycles. The van der Waals surface area contributed by atoms with Crippen molar-refractivity contribution in [3.63, 3.8) is 0 Å². The van der Waals surface area contributed by atoms with Gasteiger partial charge in [-0.15, -0.1) is 0 Å². The maximum atomic E-state index is 2.47. The number of allylic oxidation sites excluding steroid dienone is 1. The van der Waals surface area contributed by atoms with Crippen LogP contribution in [0.3, 0.4) is 0 Å². The summed E-state index contributed by atoms with van der Waals surface area (Å²) in [5.74, 6) is 0.587. The number of hydrogen-bond acceptors (Lipinski definition) is 0. The largest absolute Gasteiger partial charge is 0.0648 e. The Hall–Kier alpha value is -1.82. The molecule has 0 aromatic heterocycles. The average molecular weight is 416 g/mol. The van der Waals surface area contributed by atoms with Crippen LogP contribution in [0, 0.1) is 12.3 Å². The van der Waals surface area contributed by atoms with E-state index in [-0.39, 0.29) is 16.2 Å². The van der Waals surface area contributed by atoms with Crippen LogP contribution in [-0.4, -0.2) is 0 Å². The van der Waals surface area contributed by atoms with Crippen molar-refractivity contribution in [2.45, 2.75) is 98.8 Å². The molecule has 167 valence electrons. The van der Waals surface area contributed by atoms with Gasteiger partial charge >= 0.3 is 0 Å². The summed E-state index contributed by atoms with van der Waals surface area (Å²) in [6, 6.07) is 12.0. The van der Waals surface area contributed by atoms with Crippen molar-refractivity contribution >= 4 is 6.08 Å². The zero-order chi connectivity index (χ0) is 23.4. The molecule has 0 bridgehead atoms. The van der Waals surface area contributed by atoms with Gasteiger partial charge in [0, 0.05) is 6.42 Å². The fraction of sp³-hybridized carbons (Fsp3) is 0.516. The van der Waals surface area contributed by atoms with Crippen LogP contribution in [0.2, 0.25) is 0 Å². The molecule has 1 unspecified atom stereocenters. The molecular formula is C31H43. The van der Waals surface area contributed by atoms with Gasteiger partial charge in [0.15, 0.2) is 0 Å². The molecule has 0 heteroatoms. The van der Waals surface area contributed by atoms with E-state index in [1.807, 2.05) is 0 Å². The first-order valence-corrected chi connectivity index (χ1v) is 12.0. The lowest BCUT2D eigenvalue weighted by molar-refractivity contribution is 0.568. The third kappa shape index (κ3) is 4.84. The Labute approximate surface area is 192 Å². The van der Waals surface area contributed by atoms with Gasteiger partial charge in [0.2, 0.25) is 0 Å². The van der Waals surface area contributed by atoms with E-state index < -0.39 is 0 Å². The highest BCUT2D eigenvalue weighted by atomic mass is 14.3. The zero-order valence-corrected chi connectivity index (χ0v) is 21.8. The summed E-state index contributed by atoms with van der Waals surface area (Å²) in [7, 11) is 0. The molecule has 0 saturated carbocycles. The van der Waals surface area contributed by atoms with E-state index in [2.05, 4.69) is 119 Å². The van der Waals surface area contributed by atoms with E-state index in [9.17, 15) is 0 Å². The summed E-state index contributed by atoms with van der Waals surface area (Å²) in [4.78, 5) is 0. The van der Waals surface area contributed by atoms with Gasteiger partial charge in [-0.1, -0.05) is 118 Å². The molecule has 0 saturated heterocycles. The molecule has 31 heavy (non-hydrogen) atoms. The zero-order valence-electron chi connectivity index (χ0n) is 21.8. The van der Waals surface area contributed by atoms with Gasteiger partial charge in [-0.3, -0.25) is 0 Å². The van der Waals surface area contributed by atoms with Crippen molar-refractivity contribution in [2.75, 3.05) is 0 Å². The number of fused-ring (bicyclic) bond motifs is 1. The van der Waals surface area contributed by atoms with Crippen LogP contribution in [0.15, 0.2) is 35.9 Å². The Bertz CT molecular complexity index is 962. The molecule has 1 aliphatic rings. The van der Waals surface area contributed by atoms with Gasteiger partial charge in [-0.2, -0.15) is 0 Å². The Morgan fingerprint density at radius 1 is 0.742 bits per heavy atom. The Kier molecular flexibility index (Phi) is 6.11. The van der Waals surface area contributed by atoms with Gasteiger partial charge in [0.1, 0.15) is 0 Å². The summed E-state index contributed by atoms with van der Waals surface area (Å²) in [5.41, 5.74) is 11.6. The third-order valence-electron chi connectivity index (χ3n) is 6.86. The van der Waals surface area contributed by atoms with Crippen LogP contribution in [0.4, 0.5) is 0 Å². The van der Waals surface area contributed by atoms with Crippen LogP contribution in [0.25, 0.3) is 17.2 Å². The number of benzene rings is 2. The Balaban J connectivity index is 2.37. The second-order valence-corrected chi connectivity index (χ2v) is 12.6. The molecule has 1 atom stereocenters. The normalized spacial score (nSPS) is 15.6. The maximum absolute atomic E-state index is 2.47. The van der Waals surface area contributed by atoms with E-state index in [0.717, 1.165) is 0 Å². The first-order chi connectivity index (χ1) is 14.1. The van der Waals surface area contributed by atoms with Gasteiger partial charge in [0.25, 0.3) is 0 Å². The van der Waals surface area contributed by atoms with Crippen LogP contribution in [0.1, 0.15) is 110 Å². The van der Waals surface area contributed by atoms with Gasteiger partial charge in [0.05, 0.1) is 0 Å². The molecule has 2 aromatic rings. The lowest BCUT2D eigenvalue weighted by Gasteiger charge is -2.29. The number of rotatable bonds is 3. The summed E-state index contributed by atoms with van der Waals surface area (Å²) < 4.78 is 0. The van der Waals surface area contributed by atoms with Crippen molar-refractivity contribution in [3.05, 3.63) is 70.1 Å². The Morgan fingerprint density at radius 2 is 1.29 bits per heavy atom. The predicted octanol–water partition coefficient (Wildman–Crippen LogP) is 9.24. The minimum Gasteiger partial charge on any atom is -0.0648 e. The summed E-state index contributed by atoms with van der Waals surface area (Å²) in [6.45, 7) is 25.6. The molecule has 0 N–H and O–H groups in total. The minimum absolute atomic E-state index is 0.0803. The average Bonchev–Trinajstić information content (AvgIpc) is 3.08. The second-order valence-electron chi connectivity index (χ2n) is 12.6. The second kappa shape index (κ2) is 7.95. The molecule has 0 fully saturated rings. The first kappa shape index (κ1) is 23.8. The highest BCUT2D eigenvalue weighted by Gasteiger charge is 2.28. The van der Waals surface area contributed by atoms with E-state index in [1.54, 1.807) is 0 Å². The van der Waals surface area contributed by atoms with Crippen molar-refractivity contribution in [1.29, 1.82) is 0 Å². The topological polar surface area (TPSA) is 0 Å². The summed E-state index contributed by atoms with van der Waals surface area (Å²) >= 11 is 0. The van der Waals surface area contributed by atoms with Crippen molar-refractivity contribution in [3.8, 4) is 11.1 Å². The van der Waals surface area contributed by atoms with Crippen molar-refractivity contribution in [1.82, 2.24) is 0 Å². The third-order valence-corrected chi connectivity index (χ3v) is 6.86. The quantitative estimate of drug-likeness (QED) is 0.468. The van der Waals surface area contributed by atoms with E-state index in [4.69, 9.17) is 0 Å². The monoisotopic (exact) mass is 415 g/mol. The van der Waals surface area contributed by atoms with Crippen LogP contribution < -0.4 is 0 Å². The number of hydrogen-bond donors (Lipinski definition) is 0. The predicted molar refractivity (Wildman–Crippen MR) is 139 cm³/mol. The first-order valence-electron chi connectivity index (χ1n) is 12.0. The highest BCUT2D eigenvalue weighted by Crippen LogP contribution is 2.45. The van der Waals surface area contributed by atoms with Crippen molar-refractivity contribution < 1.29 is 0 Å². The van der Waals surface area contributed by atoms with E-state index >= 15 is 0 Å². The minimum atomic E-state index is 0.0803. The molecule has 0 spiro atoms. The molecule has 0 nitrogen and oxygen atoms in total. The van der Waals surface area contributed by atoms with Gasteiger partial charge in [-0.25, -0.2) is 0 Å².